The maximum atomic E-state index is 5.31. The number of hydrogen-bond acceptors (Lipinski definition) is 2. The average Bonchev–Trinajstić information content (AvgIpc) is 2.26. The average molecular weight is 246 g/mol. The summed E-state index contributed by atoms with van der Waals surface area (Å²) in [5.41, 5.74) is 0.136. The van der Waals surface area contributed by atoms with E-state index in [1.54, 1.807) is 7.11 Å². The van der Waals surface area contributed by atoms with E-state index in [-0.39, 0.29) is 11.6 Å². The minimum Gasteiger partial charge on any atom is -0.383 e. The van der Waals surface area contributed by atoms with Crippen molar-refractivity contribution in [1.82, 2.24) is 10.6 Å². The Hall–Kier alpha value is -0.350. The van der Waals surface area contributed by atoms with Crippen LogP contribution in [0.5, 0.6) is 0 Å². The quantitative estimate of drug-likeness (QED) is 0.676. The third kappa shape index (κ3) is 5.12. The zero-order valence-electron chi connectivity index (χ0n) is 11.2. The Morgan fingerprint density at radius 3 is 2.12 bits per heavy atom. The molecule has 0 heterocycles. The van der Waals surface area contributed by atoms with Crippen LogP contribution in [0.2, 0.25) is 0 Å². The lowest BCUT2D eigenvalue weighted by Crippen LogP contribution is -2.53. The van der Waals surface area contributed by atoms with Crippen molar-refractivity contribution < 1.29 is 4.74 Å². The van der Waals surface area contributed by atoms with Gasteiger partial charge in [0.05, 0.1) is 6.61 Å². The van der Waals surface area contributed by atoms with Crippen molar-refractivity contribution >= 4 is 17.3 Å². The topological polar surface area (TPSA) is 33.3 Å². The van der Waals surface area contributed by atoms with Crippen molar-refractivity contribution in [3.05, 3.63) is 0 Å². The Kier molecular flexibility index (Phi) is 7.68. The predicted molar refractivity (Wildman–Crippen MR) is 73.8 cm³/mol. The summed E-state index contributed by atoms with van der Waals surface area (Å²) in [4.78, 5) is 0. The van der Waals surface area contributed by atoms with E-state index in [0.717, 1.165) is 24.4 Å². The predicted octanol–water partition coefficient (Wildman–Crippen LogP) is 2.45. The zero-order chi connectivity index (χ0) is 12.6. The first-order chi connectivity index (χ1) is 7.53. The summed E-state index contributed by atoms with van der Waals surface area (Å²) in [5.74, 6) is 0. The van der Waals surface area contributed by atoms with Crippen molar-refractivity contribution in [3.63, 3.8) is 0 Å². The summed E-state index contributed by atoms with van der Waals surface area (Å²) in [5, 5.41) is 7.40. The minimum atomic E-state index is 0.136. The van der Waals surface area contributed by atoms with Gasteiger partial charge in [0, 0.05) is 18.7 Å². The van der Waals surface area contributed by atoms with E-state index in [0.29, 0.717) is 6.61 Å². The normalized spacial score (nSPS) is 13.3. The van der Waals surface area contributed by atoms with Crippen molar-refractivity contribution in [2.24, 2.45) is 0 Å². The molecule has 0 aliphatic heterocycles. The molecule has 0 saturated heterocycles. The van der Waals surface area contributed by atoms with Crippen LogP contribution in [-0.4, -0.2) is 30.4 Å². The van der Waals surface area contributed by atoms with Crippen molar-refractivity contribution in [3.8, 4) is 0 Å². The van der Waals surface area contributed by atoms with Crippen LogP contribution < -0.4 is 10.6 Å². The molecule has 0 saturated carbocycles. The van der Waals surface area contributed by atoms with Gasteiger partial charge in [-0.1, -0.05) is 20.8 Å². The number of hydrogen-bond donors (Lipinski definition) is 2. The Morgan fingerprint density at radius 1 is 1.25 bits per heavy atom. The molecular formula is C12H26N2OS. The largest absolute Gasteiger partial charge is 0.383 e. The van der Waals surface area contributed by atoms with Gasteiger partial charge in [-0.25, -0.2) is 0 Å². The maximum Gasteiger partial charge on any atom is 0.167 e. The van der Waals surface area contributed by atoms with Crippen LogP contribution in [0.25, 0.3) is 0 Å². The molecular weight excluding hydrogens is 220 g/mol. The Balaban J connectivity index is 4.20. The van der Waals surface area contributed by atoms with Gasteiger partial charge in [-0.2, -0.15) is 0 Å². The molecule has 0 fully saturated rings. The van der Waals surface area contributed by atoms with E-state index in [9.17, 15) is 0 Å². The number of thiocarbonyl (C=S) groups is 1. The van der Waals surface area contributed by atoms with Crippen molar-refractivity contribution in [2.75, 3.05) is 13.7 Å². The van der Waals surface area contributed by atoms with Gasteiger partial charge in [0.25, 0.3) is 0 Å². The van der Waals surface area contributed by atoms with Crippen molar-refractivity contribution in [1.29, 1.82) is 0 Å². The minimum absolute atomic E-state index is 0.136. The van der Waals surface area contributed by atoms with E-state index in [4.69, 9.17) is 17.0 Å². The van der Waals surface area contributed by atoms with E-state index >= 15 is 0 Å². The van der Waals surface area contributed by atoms with Gasteiger partial charge in [-0.05, 0) is 38.4 Å². The van der Waals surface area contributed by atoms with Gasteiger partial charge in [0.15, 0.2) is 5.11 Å². The number of rotatable bonds is 7. The van der Waals surface area contributed by atoms with Gasteiger partial charge >= 0.3 is 0 Å². The standard InChI is InChI=1S/C12H26N2OS/c1-6-12(7-2,8-3)14-11(16)13-10(4)9-15-5/h10H,6-9H2,1-5H3,(H2,13,14,16). The second kappa shape index (κ2) is 7.85. The maximum absolute atomic E-state index is 5.31. The Bertz CT molecular complexity index is 197. The van der Waals surface area contributed by atoms with Gasteiger partial charge in [-0.15, -0.1) is 0 Å². The highest BCUT2D eigenvalue weighted by Crippen LogP contribution is 2.18. The Labute approximate surface area is 105 Å². The third-order valence-corrected chi connectivity index (χ3v) is 3.42. The molecule has 2 N–H and O–H groups in total. The fourth-order valence-electron chi connectivity index (χ4n) is 1.81. The monoisotopic (exact) mass is 246 g/mol. The van der Waals surface area contributed by atoms with Gasteiger partial charge in [0.2, 0.25) is 0 Å². The van der Waals surface area contributed by atoms with Gasteiger partial charge in [0.1, 0.15) is 0 Å². The highest BCUT2D eigenvalue weighted by Gasteiger charge is 2.24. The van der Waals surface area contributed by atoms with Crippen LogP contribution in [-0.2, 0) is 4.74 Å². The first-order valence-corrected chi connectivity index (χ1v) is 6.52. The lowest BCUT2D eigenvalue weighted by molar-refractivity contribution is 0.178. The molecule has 0 spiro atoms. The molecule has 0 aliphatic carbocycles. The van der Waals surface area contributed by atoms with Gasteiger partial charge in [-0.3, -0.25) is 0 Å². The van der Waals surface area contributed by atoms with Crippen LogP contribution in [0.1, 0.15) is 47.0 Å². The molecule has 96 valence electrons. The molecule has 1 unspecified atom stereocenters. The first-order valence-electron chi connectivity index (χ1n) is 6.11. The SMILES string of the molecule is CCC(CC)(CC)NC(=S)NC(C)COC. The molecule has 0 radical (unpaired) electrons. The summed E-state index contributed by atoms with van der Waals surface area (Å²) in [6.45, 7) is 9.31. The summed E-state index contributed by atoms with van der Waals surface area (Å²) in [6, 6.07) is 0.244. The molecule has 16 heavy (non-hydrogen) atoms. The van der Waals surface area contributed by atoms with Crippen LogP contribution in [0, 0.1) is 0 Å². The molecule has 0 bridgehead atoms. The van der Waals surface area contributed by atoms with Crippen LogP contribution in [0.15, 0.2) is 0 Å². The van der Waals surface area contributed by atoms with E-state index in [1.165, 1.54) is 0 Å². The van der Waals surface area contributed by atoms with Crippen LogP contribution in [0.4, 0.5) is 0 Å². The molecule has 0 aromatic rings. The molecule has 0 amide bonds. The second-order valence-electron chi connectivity index (χ2n) is 4.30. The van der Waals surface area contributed by atoms with E-state index in [2.05, 4.69) is 38.3 Å². The van der Waals surface area contributed by atoms with Crippen LogP contribution >= 0.6 is 12.2 Å². The first kappa shape index (κ1) is 15.7. The smallest absolute Gasteiger partial charge is 0.167 e. The second-order valence-corrected chi connectivity index (χ2v) is 4.70. The Morgan fingerprint density at radius 2 is 1.75 bits per heavy atom. The summed E-state index contributed by atoms with van der Waals surface area (Å²) < 4.78 is 5.06. The fourth-order valence-corrected chi connectivity index (χ4v) is 2.23. The highest BCUT2D eigenvalue weighted by molar-refractivity contribution is 7.80. The summed E-state index contributed by atoms with van der Waals surface area (Å²) >= 11 is 5.31. The third-order valence-electron chi connectivity index (χ3n) is 3.20. The van der Waals surface area contributed by atoms with Crippen molar-refractivity contribution in [2.45, 2.75) is 58.5 Å². The zero-order valence-corrected chi connectivity index (χ0v) is 12.0. The molecule has 4 heteroatoms. The van der Waals surface area contributed by atoms with Gasteiger partial charge < -0.3 is 15.4 Å². The summed E-state index contributed by atoms with van der Waals surface area (Å²) in [6.07, 6.45) is 3.25. The summed E-state index contributed by atoms with van der Waals surface area (Å²) in [7, 11) is 1.70. The molecule has 1 atom stereocenters. The highest BCUT2D eigenvalue weighted by atomic mass is 32.1. The number of methoxy groups -OCH3 is 1. The lowest BCUT2D eigenvalue weighted by Gasteiger charge is -2.33. The lowest BCUT2D eigenvalue weighted by atomic mass is 9.90. The number of ether oxygens (including phenoxy) is 1. The van der Waals surface area contributed by atoms with E-state index < -0.39 is 0 Å². The molecule has 0 aromatic heterocycles. The number of nitrogens with one attached hydrogen (secondary N) is 2. The molecule has 0 aliphatic rings. The molecule has 0 aromatic carbocycles. The fraction of sp³-hybridized carbons (Fsp3) is 0.917. The van der Waals surface area contributed by atoms with E-state index in [1.807, 2.05) is 0 Å². The molecule has 3 nitrogen and oxygen atoms in total. The van der Waals surface area contributed by atoms with Crippen LogP contribution in [0.3, 0.4) is 0 Å². The molecule has 0 rings (SSSR count).